The number of sulfonamides is 1. The second kappa shape index (κ2) is 8.44. The monoisotopic (exact) mass is 456 g/mol. The largest absolute Gasteiger partial charge is 0.489 e. The van der Waals surface area contributed by atoms with Gasteiger partial charge in [0.2, 0.25) is 10.0 Å². The van der Waals surface area contributed by atoms with E-state index in [1.165, 1.54) is 24.3 Å². The Kier molecular flexibility index (Phi) is 5.86. The van der Waals surface area contributed by atoms with Gasteiger partial charge in [-0.2, -0.15) is 13.2 Å². The lowest BCUT2D eigenvalue weighted by Gasteiger charge is -2.25. The minimum absolute atomic E-state index is 0.0190. The van der Waals surface area contributed by atoms with Gasteiger partial charge in [0.15, 0.2) is 5.52 Å². The average molecular weight is 456 g/mol. The van der Waals surface area contributed by atoms with Crippen molar-refractivity contribution in [2.75, 3.05) is 19.6 Å². The molecule has 2 heterocycles. The van der Waals surface area contributed by atoms with Gasteiger partial charge in [0.1, 0.15) is 22.3 Å². The van der Waals surface area contributed by atoms with Gasteiger partial charge in [-0.1, -0.05) is 6.07 Å². The molecule has 1 saturated heterocycles. The molecule has 2 aromatic carbocycles. The number of hydrogen-bond acceptors (Lipinski definition) is 7. The highest BCUT2D eigenvalue weighted by Gasteiger charge is 2.31. The molecule has 0 spiro atoms. The summed E-state index contributed by atoms with van der Waals surface area (Å²) in [6.07, 6.45) is -4.29. The van der Waals surface area contributed by atoms with E-state index < -0.39 is 27.9 Å². The van der Waals surface area contributed by atoms with Gasteiger partial charge >= 0.3 is 6.18 Å². The summed E-state index contributed by atoms with van der Waals surface area (Å²) in [6.45, 7) is 1.28. The Hall–Kier alpha value is -2.70. The standard InChI is InChI=1S/C19H19F3N4O4S/c20-19(21,22)13-4-6-14(7-5-13)29-16(12-8-9-23-10-12)11-24-31(27,28)17-3-1-2-15-18(17)26-30-25-15/h1-7,12,16,23-24H,8-11H2/t12-,16+/m0/s1. The zero-order chi connectivity index (χ0) is 22.1. The molecule has 8 nitrogen and oxygen atoms in total. The molecule has 1 fully saturated rings. The number of alkyl halides is 3. The molecule has 1 aliphatic heterocycles. The van der Waals surface area contributed by atoms with Crippen LogP contribution >= 0.6 is 0 Å². The number of aromatic nitrogens is 2. The summed E-state index contributed by atoms with van der Waals surface area (Å²) in [7, 11) is -3.96. The highest BCUT2D eigenvalue weighted by molar-refractivity contribution is 7.89. The second-order valence-electron chi connectivity index (χ2n) is 7.17. The number of benzene rings is 2. The van der Waals surface area contributed by atoms with Crippen LogP contribution in [0.2, 0.25) is 0 Å². The molecule has 2 atom stereocenters. The fraction of sp³-hybridized carbons (Fsp3) is 0.368. The van der Waals surface area contributed by atoms with Crippen molar-refractivity contribution >= 4 is 21.1 Å². The number of halogens is 3. The molecule has 0 unspecified atom stereocenters. The molecule has 3 aromatic rings. The van der Waals surface area contributed by atoms with E-state index in [0.717, 1.165) is 25.1 Å². The fourth-order valence-electron chi connectivity index (χ4n) is 3.46. The summed E-state index contributed by atoms with van der Waals surface area (Å²) >= 11 is 0. The maximum absolute atomic E-state index is 12.9. The lowest BCUT2D eigenvalue weighted by molar-refractivity contribution is -0.137. The highest BCUT2D eigenvalue weighted by Crippen LogP contribution is 2.31. The third kappa shape index (κ3) is 4.81. The zero-order valence-electron chi connectivity index (χ0n) is 16.1. The first-order valence-corrected chi connectivity index (χ1v) is 11.0. The van der Waals surface area contributed by atoms with Crippen molar-refractivity contribution < 1.29 is 31.0 Å². The number of fused-ring (bicyclic) bond motifs is 1. The zero-order valence-corrected chi connectivity index (χ0v) is 16.9. The molecule has 31 heavy (non-hydrogen) atoms. The Labute approximate surface area is 175 Å². The van der Waals surface area contributed by atoms with Crippen molar-refractivity contribution in [2.24, 2.45) is 5.92 Å². The SMILES string of the molecule is O=S(=O)(NC[C@@H](Oc1ccc(C(F)(F)F)cc1)[C@H]1CCNC1)c1cccc2nonc12. The van der Waals surface area contributed by atoms with Gasteiger partial charge in [0, 0.05) is 19.0 Å². The summed E-state index contributed by atoms with van der Waals surface area (Å²) in [5.74, 6) is 0.210. The summed E-state index contributed by atoms with van der Waals surface area (Å²) in [5.41, 5.74) is -0.368. The van der Waals surface area contributed by atoms with E-state index >= 15 is 0 Å². The summed E-state index contributed by atoms with van der Waals surface area (Å²) in [4.78, 5) is -0.0796. The molecule has 0 bridgehead atoms. The molecule has 166 valence electrons. The Morgan fingerprint density at radius 3 is 2.65 bits per heavy atom. The van der Waals surface area contributed by atoms with E-state index in [9.17, 15) is 21.6 Å². The third-order valence-electron chi connectivity index (χ3n) is 5.11. The van der Waals surface area contributed by atoms with Crippen LogP contribution in [0, 0.1) is 5.92 Å². The predicted octanol–water partition coefficient (Wildman–Crippen LogP) is 2.58. The topological polar surface area (TPSA) is 106 Å². The van der Waals surface area contributed by atoms with Crippen molar-refractivity contribution in [3.8, 4) is 5.75 Å². The number of ether oxygens (including phenoxy) is 1. The van der Waals surface area contributed by atoms with Gasteiger partial charge in [-0.05, 0) is 59.7 Å². The van der Waals surface area contributed by atoms with Crippen molar-refractivity contribution in [2.45, 2.75) is 23.6 Å². The van der Waals surface area contributed by atoms with Gasteiger partial charge in [-0.15, -0.1) is 0 Å². The summed E-state index contributed by atoms with van der Waals surface area (Å²) in [6, 6.07) is 8.81. The first kappa shape index (κ1) is 21.5. The Balaban J connectivity index is 1.51. The van der Waals surface area contributed by atoms with Crippen LogP contribution in [0.3, 0.4) is 0 Å². The van der Waals surface area contributed by atoms with Crippen LogP contribution in [0.5, 0.6) is 5.75 Å². The van der Waals surface area contributed by atoms with Crippen molar-refractivity contribution in [1.82, 2.24) is 20.4 Å². The van der Waals surface area contributed by atoms with Crippen LogP contribution in [-0.4, -0.2) is 44.5 Å². The summed E-state index contributed by atoms with van der Waals surface area (Å²) in [5, 5.41) is 10.5. The first-order chi connectivity index (χ1) is 14.7. The van der Waals surface area contributed by atoms with E-state index in [1.807, 2.05) is 0 Å². The predicted molar refractivity (Wildman–Crippen MR) is 104 cm³/mol. The number of nitrogens with one attached hydrogen (secondary N) is 2. The van der Waals surface area contributed by atoms with E-state index in [2.05, 4.69) is 25.0 Å². The number of hydrogen-bond donors (Lipinski definition) is 2. The van der Waals surface area contributed by atoms with Crippen molar-refractivity contribution in [3.05, 3.63) is 48.0 Å². The van der Waals surface area contributed by atoms with Gasteiger partial charge in [-0.25, -0.2) is 17.8 Å². The van der Waals surface area contributed by atoms with E-state index in [0.29, 0.717) is 12.1 Å². The van der Waals surface area contributed by atoms with Crippen LogP contribution < -0.4 is 14.8 Å². The van der Waals surface area contributed by atoms with E-state index in [1.54, 1.807) is 6.07 Å². The average Bonchev–Trinajstić information content (AvgIpc) is 3.42. The molecule has 2 N–H and O–H groups in total. The maximum Gasteiger partial charge on any atom is 0.416 e. The molecule has 0 saturated carbocycles. The Bertz CT molecular complexity index is 1140. The first-order valence-electron chi connectivity index (χ1n) is 9.49. The second-order valence-corrected chi connectivity index (χ2v) is 8.91. The minimum Gasteiger partial charge on any atom is -0.489 e. The van der Waals surface area contributed by atoms with E-state index in [4.69, 9.17) is 4.74 Å². The van der Waals surface area contributed by atoms with Gasteiger partial charge in [0.05, 0.1) is 5.56 Å². The molecular weight excluding hydrogens is 437 g/mol. The molecule has 0 amide bonds. The molecule has 1 aliphatic rings. The van der Waals surface area contributed by atoms with Crippen LogP contribution in [0.1, 0.15) is 12.0 Å². The smallest absolute Gasteiger partial charge is 0.416 e. The van der Waals surface area contributed by atoms with Crippen LogP contribution in [-0.2, 0) is 16.2 Å². The van der Waals surface area contributed by atoms with Gasteiger partial charge < -0.3 is 10.1 Å². The third-order valence-corrected chi connectivity index (χ3v) is 6.56. The van der Waals surface area contributed by atoms with Crippen LogP contribution in [0.4, 0.5) is 13.2 Å². The molecule has 12 heteroatoms. The Morgan fingerprint density at radius 1 is 1.19 bits per heavy atom. The van der Waals surface area contributed by atoms with Gasteiger partial charge in [0.25, 0.3) is 0 Å². The number of nitrogens with zero attached hydrogens (tertiary/aromatic N) is 2. The van der Waals surface area contributed by atoms with Gasteiger partial charge in [-0.3, -0.25) is 0 Å². The maximum atomic E-state index is 12.9. The quantitative estimate of drug-likeness (QED) is 0.563. The van der Waals surface area contributed by atoms with Crippen molar-refractivity contribution in [1.29, 1.82) is 0 Å². The lowest BCUT2D eigenvalue weighted by atomic mass is 10.0. The lowest BCUT2D eigenvalue weighted by Crippen LogP contribution is -2.40. The fourth-order valence-corrected chi connectivity index (χ4v) is 4.66. The molecule has 1 aromatic heterocycles. The van der Waals surface area contributed by atoms with Crippen molar-refractivity contribution in [3.63, 3.8) is 0 Å². The molecule has 0 aliphatic carbocycles. The minimum atomic E-state index is -4.44. The van der Waals surface area contributed by atoms with Crippen LogP contribution in [0.15, 0.2) is 52.0 Å². The highest BCUT2D eigenvalue weighted by atomic mass is 32.2. The van der Waals surface area contributed by atoms with Crippen LogP contribution in [0.25, 0.3) is 11.0 Å². The normalized spacial score (nSPS) is 18.4. The Morgan fingerprint density at radius 2 is 1.97 bits per heavy atom. The number of rotatable bonds is 7. The summed E-state index contributed by atoms with van der Waals surface area (Å²) < 4.78 is 77.1. The van der Waals surface area contributed by atoms with E-state index in [-0.39, 0.29) is 28.6 Å². The molecular formula is C19H19F3N4O4S. The molecule has 4 rings (SSSR count). The molecule has 0 radical (unpaired) electrons.